The number of allylic oxidation sites excluding steroid dienone is 1. The molecule has 8 heteroatoms. The summed E-state index contributed by atoms with van der Waals surface area (Å²) in [6.45, 7) is -0.353. The van der Waals surface area contributed by atoms with Crippen molar-refractivity contribution in [3.8, 4) is 11.5 Å². The van der Waals surface area contributed by atoms with Gasteiger partial charge in [-0.3, -0.25) is 10.2 Å². The third kappa shape index (κ3) is 5.93. The SMILES string of the molecule is CN/C(C)=C\C(=N)NC(=O)c1cc(O)cc(OC(CF)CF)c1. The number of rotatable bonds is 7. The Morgan fingerprint density at radius 1 is 1.39 bits per heavy atom. The molecule has 0 atom stereocenters. The van der Waals surface area contributed by atoms with E-state index in [1.807, 2.05) is 0 Å². The molecule has 0 aliphatic rings. The zero-order valence-electron chi connectivity index (χ0n) is 12.8. The number of carbonyl (C=O) groups excluding carboxylic acids is 1. The summed E-state index contributed by atoms with van der Waals surface area (Å²) in [6, 6.07) is 3.53. The first-order valence-corrected chi connectivity index (χ1v) is 6.78. The first-order valence-electron chi connectivity index (χ1n) is 6.78. The maximum atomic E-state index is 12.5. The van der Waals surface area contributed by atoms with E-state index in [1.54, 1.807) is 14.0 Å². The fraction of sp³-hybridized carbons (Fsp3) is 0.333. The van der Waals surface area contributed by atoms with E-state index < -0.39 is 25.4 Å². The molecule has 4 N–H and O–H groups in total. The van der Waals surface area contributed by atoms with E-state index in [9.17, 15) is 18.7 Å². The quantitative estimate of drug-likeness (QED) is 0.454. The Labute approximate surface area is 132 Å². The monoisotopic (exact) mass is 327 g/mol. The van der Waals surface area contributed by atoms with Crippen LogP contribution in [0.1, 0.15) is 17.3 Å². The van der Waals surface area contributed by atoms with Gasteiger partial charge in [-0.1, -0.05) is 0 Å². The van der Waals surface area contributed by atoms with Crippen LogP contribution in [0.2, 0.25) is 0 Å². The van der Waals surface area contributed by atoms with Crippen LogP contribution in [0.3, 0.4) is 0 Å². The molecule has 6 nitrogen and oxygen atoms in total. The molecule has 0 fully saturated rings. The highest BCUT2D eigenvalue weighted by Gasteiger charge is 2.14. The maximum absolute atomic E-state index is 12.5. The number of ether oxygens (including phenoxy) is 1. The zero-order chi connectivity index (χ0) is 17.4. The number of halogens is 2. The number of alkyl halides is 2. The molecule has 0 bridgehead atoms. The van der Waals surface area contributed by atoms with E-state index >= 15 is 0 Å². The molecule has 1 aromatic carbocycles. The van der Waals surface area contributed by atoms with Gasteiger partial charge in [0.05, 0.1) is 0 Å². The van der Waals surface area contributed by atoms with E-state index in [0.29, 0.717) is 5.70 Å². The Morgan fingerprint density at radius 2 is 2.04 bits per heavy atom. The predicted molar refractivity (Wildman–Crippen MR) is 82.5 cm³/mol. The van der Waals surface area contributed by atoms with Gasteiger partial charge in [0.25, 0.3) is 5.91 Å². The van der Waals surface area contributed by atoms with Crippen LogP contribution in [-0.2, 0) is 0 Å². The Balaban J connectivity index is 2.89. The minimum absolute atomic E-state index is 0.00303. The summed E-state index contributed by atoms with van der Waals surface area (Å²) in [6.07, 6.45) is 0.104. The van der Waals surface area contributed by atoms with Crippen molar-refractivity contribution in [1.82, 2.24) is 10.6 Å². The van der Waals surface area contributed by atoms with Crippen LogP contribution in [0.5, 0.6) is 11.5 Å². The van der Waals surface area contributed by atoms with Gasteiger partial charge in [-0.15, -0.1) is 0 Å². The summed E-state index contributed by atoms with van der Waals surface area (Å²) in [5.41, 5.74) is 0.667. The third-order valence-corrected chi connectivity index (χ3v) is 2.80. The number of benzene rings is 1. The molecule has 0 saturated heterocycles. The van der Waals surface area contributed by atoms with Crippen molar-refractivity contribution in [1.29, 1.82) is 5.41 Å². The highest BCUT2D eigenvalue weighted by Crippen LogP contribution is 2.23. The number of amides is 1. The fourth-order valence-electron chi connectivity index (χ4n) is 1.60. The van der Waals surface area contributed by atoms with Crippen LogP contribution in [0.4, 0.5) is 8.78 Å². The van der Waals surface area contributed by atoms with Gasteiger partial charge in [-0.05, 0) is 25.1 Å². The number of hydrogen-bond acceptors (Lipinski definition) is 5. The van der Waals surface area contributed by atoms with Gasteiger partial charge in [0.1, 0.15) is 30.7 Å². The van der Waals surface area contributed by atoms with Gasteiger partial charge in [-0.2, -0.15) is 0 Å². The number of phenolic OH excluding ortho intramolecular Hbond substituents is 1. The highest BCUT2D eigenvalue weighted by molar-refractivity contribution is 6.09. The van der Waals surface area contributed by atoms with Gasteiger partial charge in [-0.25, -0.2) is 8.78 Å². The first-order chi connectivity index (χ1) is 10.9. The third-order valence-electron chi connectivity index (χ3n) is 2.80. The molecule has 126 valence electrons. The Morgan fingerprint density at radius 3 is 2.61 bits per heavy atom. The lowest BCUT2D eigenvalue weighted by molar-refractivity contribution is 0.0975. The van der Waals surface area contributed by atoms with E-state index in [1.165, 1.54) is 12.1 Å². The standard InChI is InChI=1S/C15H19F2N3O3/c1-9(19-2)3-14(18)20-15(22)10-4-11(21)6-12(5-10)23-13(7-16)8-17/h3-6,13,19,21H,7-8H2,1-2H3,(H2,18,20,22)/b9-3-. The van der Waals surface area contributed by atoms with Crippen LogP contribution in [0.25, 0.3) is 0 Å². The van der Waals surface area contributed by atoms with Crippen LogP contribution >= 0.6 is 0 Å². The van der Waals surface area contributed by atoms with Crippen molar-refractivity contribution in [3.63, 3.8) is 0 Å². The summed E-state index contributed by atoms with van der Waals surface area (Å²) in [5.74, 6) is -1.15. The lowest BCUT2D eigenvalue weighted by Gasteiger charge is -2.14. The van der Waals surface area contributed by atoms with E-state index in [0.717, 1.165) is 12.1 Å². The van der Waals surface area contributed by atoms with Gasteiger partial charge in [0.15, 0.2) is 6.10 Å². The first kappa shape index (κ1) is 18.4. The summed E-state index contributed by atoms with van der Waals surface area (Å²) < 4.78 is 30.0. The molecule has 0 aliphatic carbocycles. The maximum Gasteiger partial charge on any atom is 0.257 e. The number of nitrogens with one attached hydrogen (secondary N) is 3. The van der Waals surface area contributed by atoms with Gasteiger partial charge >= 0.3 is 0 Å². The predicted octanol–water partition coefficient (Wildman–Crippen LogP) is 1.91. The average Bonchev–Trinajstić information content (AvgIpc) is 2.51. The number of phenols is 1. The topological polar surface area (TPSA) is 94.4 Å². The average molecular weight is 327 g/mol. The second kappa shape index (κ2) is 8.72. The van der Waals surface area contributed by atoms with E-state index in [4.69, 9.17) is 10.1 Å². The molecule has 0 saturated carbocycles. The highest BCUT2D eigenvalue weighted by atomic mass is 19.1. The van der Waals surface area contributed by atoms with Gasteiger partial charge in [0.2, 0.25) is 0 Å². The van der Waals surface area contributed by atoms with Crippen LogP contribution in [0, 0.1) is 5.41 Å². The Hall–Kier alpha value is -2.64. The lowest BCUT2D eigenvalue weighted by atomic mass is 10.2. The summed E-state index contributed by atoms with van der Waals surface area (Å²) in [5, 5.41) is 22.3. The van der Waals surface area contributed by atoms with Crippen molar-refractivity contribution in [2.45, 2.75) is 13.0 Å². The minimum atomic E-state index is -1.30. The van der Waals surface area contributed by atoms with E-state index in [-0.39, 0.29) is 22.9 Å². The number of carbonyl (C=O) groups is 1. The van der Waals surface area contributed by atoms with Gasteiger partial charge < -0.3 is 20.5 Å². The van der Waals surface area contributed by atoms with Gasteiger partial charge in [0, 0.05) is 24.4 Å². The molecule has 0 aliphatic heterocycles. The number of hydrogen-bond donors (Lipinski definition) is 4. The van der Waals surface area contributed by atoms with Crippen molar-refractivity contribution in [3.05, 3.63) is 35.5 Å². The van der Waals surface area contributed by atoms with Crippen molar-refractivity contribution >= 4 is 11.7 Å². The summed E-state index contributed by atoms with van der Waals surface area (Å²) >= 11 is 0. The van der Waals surface area contributed by atoms with Crippen molar-refractivity contribution in [2.75, 3.05) is 20.4 Å². The molecule has 0 aromatic heterocycles. The molecule has 0 radical (unpaired) electrons. The molecule has 1 rings (SSSR count). The van der Waals surface area contributed by atoms with Crippen LogP contribution < -0.4 is 15.4 Å². The molecular weight excluding hydrogens is 308 g/mol. The number of aromatic hydroxyl groups is 1. The molecular formula is C15H19F2N3O3. The minimum Gasteiger partial charge on any atom is -0.508 e. The molecule has 1 amide bonds. The second-order valence-electron chi connectivity index (χ2n) is 4.71. The van der Waals surface area contributed by atoms with Crippen LogP contribution in [-0.4, -0.2) is 43.4 Å². The fourth-order valence-corrected chi connectivity index (χ4v) is 1.60. The Bertz CT molecular complexity index is 602. The molecule has 0 unspecified atom stereocenters. The Kier molecular flexibility index (Phi) is 6.98. The zero-order valence-corrected chi connectivity index (χ0v) is 12.8. The normalized spacial score (nSPS) is 11.3. The van der Waals surface area contributed by atoms with Crippen LogP contribution in [0.15, 0.2) is 30.0 Å². The molecule has 23 heavy (non-hydrogen) atoms. The largest absolute Gasteiger partial charge is 0.508 e. The van der Waals surface area contributed by atoms with E-state index in [2.05, 4.69) is 10.6 Å². The van der Waals surface area contributed by atoms with Crippen molar-refractivity contribution in [2.24, 2.45) is 0 Å². The molecule has 1 aromatic rings. The molecule has 0 spiro atoms. The second-order valence-corrected chi connectivity index (χ2v) is 4.71. The smallest absolute Gasteiger partial charge is 0.257 e. The summed E-state index contributed by atoms with van der Waals surface area (Å²) in [4.78, 5) is 12.0. The number of amidine groups is 1. The lowest BCUT2D eigenvalue weighted by Crippen LogP contribution is -2.29. The molecule has 0 heterocycles. The van der Waals surface area contributed by atoms with Crippen molar-refractivity contribution < 1.29 is 23.4 Å². The summed E-state index contributed by atoms with van der Waals surface area (Å²) in [7, 11) is 1.67.